The molecule has 0 aliphatic heterocycles. The first-order valence-electron chi connectivity index (χ1n) is 3.79. The summed E-state index contributed by atoms with van der Waals surface area (Å²) in [5.74, 6) is -1.02. The molecule has 1 amide bonds. The van der Waals surface area contributed by atoms with E-state index in [0.29, 0.717) is 6.54 Å². The molecule has 4 nitrogen and oxygen atoms in total. The Balaban J connectivity index is 2.48. The van der Waals surface area contributed by atoms with Crippen molar-refractivity contribution >= 4 is 23.0 Å². The number of hydrogen-bond acceptors (Lipinski definition) is 4. The SMILES string of the molecule is CC(=O)C(=O)NCc1scnc1C. The van der Waals surface area contributed by atoms with Gasteiger partial charge in [-0.05, 0) is 6.92 Å². The van der Waals surface area contributed by atoms with E-state index in [0.717, 1.165) is 10.6 Å². The van der Waals surface area contributed by atoms with Gasteiger partial charge in [-0.3, -0.25) is 9.59 Å². The van der Waals surface area contributed by atoms with Crippen molar-refractivity contribution in [2.24, 2.45) is 0 Å². The number of thiazole rings is 1. The van der Waals surface area contributed by atoms with Crippen LogP contribution in [0.4, 0.5) is 0 Å². The van der Waals surface area contributed by atoms with E-state index in [4.69, 9.17) is 0 Å². The molecule has 13 heavy (non-hydrogen) atoms. The summed E-state index contributed by atoms with van der Waals surface area (Å²) in [5.41, 5.74) is 2.61. The summed E-state index contributed by atoms with van der Waals surface area (Å²) < 4.78 is 0. The van der Waals surface area contributed by atoms with Crippen LogP contribution in [0.3, 0.4) is 0 Å². The lowest BCUT2D eigenvalue weighted by Gasteiger charge is -1.99. The number of ketones is 1. The molecule has 0 spiro atoms. The third kappa shape index (κ3) is 2.62. The number of carbonyl (C=O) groups is 2. The van der Waals surface area contributed by atoms with Gasteiger partial charge in [-0.2, -0.15) is 0 Å². The molecule has 0 unspecified atom stereocenters. The third-order valence-corrected chi connectivity index (χ3v) is 2.51. The van der Waals surface area contributed by atoms with Gasteiger partial charge in [0.2, 0.25) is 5.78 Å². The van der Waals surface area contributed by atoms with Crippen molar-refractivity contribution in [3.63, 3.8) is 0 Å². The number of aryl methyl sites for hydroxylation is 1. The minimum Gasteiger partial charge on any atom is -0.345 e. The van der Waals surface area contributed by atoms with Gasteiger partial charge >= 0.3 is 0 Å². The van der Waals surface area contributed by atoms with Crippen molar-refractivity contribution in [3.8, 4) is 0 Å². The third-order valence-electron chi connectivity index (χ3n) is 1.57. The monoisotopic (exact) mass is 198 g/mol. The highest BCUT2D eigenvalue weighted by Crippen LogP contribution is 2.10. The summed E-state index contributed by atoms with van der Waals surface area (Å²) in [6, 6.07) is 0. The zero-order valence-corrected chi connectivity index (χ0v) is 8.27. The molecule has 0 aliphatic carbocycles. The van der Waals surface area contributed by atoms with Crippen LogP contribution in [0.2, 0.25) is 0 Å². The van der Waals surface area contributed by atoms with Gasteiger partial charge in [-0.25, -0.2) is 4.98 Å². The van der Waals surface area contributed by atoms with Crippen molar-refractivity contribution in [1.82, 2.24) is 10.3 Å². The van der Waals surface area contributed by atoms with Crippen molar-refractivity contribution in [1.29, 1.82) is 0 Å². The number of nitrogens with zero attached hydrogens (tertiary/aromatic N) is 1. The molecule has 0 atom stereocenters. The first kappa shape index (κ1) is 9.85. The molecule has 70 valence electrons. The summed E-state index contributed by atoms with van der Waals surface area (Å²) in [7, 11) is 0. The fourth-order valence-corrected chi connectivity index (χ4v) is 1.50. The number of aromatic nitrogens is 1. The van der Waals surface area contributed by atoms with E-state index in [9.17, 15) is 9.59 Å². The fraction of sp³-hybridized carbons (Fsp3) is 0.375. The summed E-state index contributed by atoms with van der Waals surface area (Å²) in [5, 5.41) is 2.51. The lowest BCUT2D eigenvalue weighted by molar-refractivity contribution is -0.136. The number of carbonyl (C=O) groups excluding carboxylic acids is 2. The molecule has 0 saturated carbocycles. The van der Waals surface area contributed by atoms with E-state index in [1.165, 1.54) is 18.3 Å². The minimum atomic E-state index is -0.548. The number of amides is 1. The van der Waals surface area contributed by atoms with Gasteiger partial charge in [0.15, 0.2) is 0 Å². The molecule has 1 aromatic rings. The lowest BCUT2D eigenvalue weighted by Crippen LogP contribution is -2.28. The predicted molar refractivity (Wildman–Crippen MR) is 49.4 cm³/mol. The summed E-state index contributed by atoms with van der Waals surface area (Å²) in [6.45, 7) is 3.50. The topological polar surface area (TPSA) is 59.1 Å². The second-order valence-corrected chi connectivity index (χ2v) is 3.54. The van der Waals surface area contributed by atoms with Crippen LogP contribution < -0.4 is 5.32 Å². The zero-order valence-electron chi connectivity index (χ0n) is 7.46. The van der Waals surface area contributed by atoms with E-state index in [2.05, 4.69) is 10.3 Å². The van der Waals surface area contributed by atoms with Crippen LogP contribution in [0.5, 0.6) is 0 Å². The maximum absolute atomic E-state index is 10.9. The van der Waals surface area contributed by atoms with Crippen LogP contribution in [0, 0.1) is 6.92 Å². The molecule has 1 aromatic heterocycles. The van der Waals surface area contributed by atoms with Crippen molar-refractivity contribution in [2.45, 2.75) is 20.4 Å². The minimum absolute atomic E-state index is 0.384. The quantitative estimate of drug-likeness (QED) is 0.726. The second-order valence-electron chi connectivity index (χ2n) is 2.60. The molecular formula is C8H10N2O2S. The first-order valence-corrected chi connectivity index (χ1v) is 4.67. The number of hydrogen-bond donors (Lipinski definition) is 1. The standard InChI is InChI=1S/C8H10N2O2S/c1-5-7(13-4-10-5)3-9-8(12)6(2)11/h4H,3H2,1-2H3,(H,9,12). The first-order chi connectivity index (χ1) is 6.11. The van der Waals surface area contributed by atoms with Crippen LogP contribution in [0.1, 0.15) is 17.5 Å². The smallest absolute Gasteiger partial charge is 0.287 e. The van der Waals surface area contributed by atoms with Gasteiger partial charge in [-0.15, -0.1) is 11.3 Å². The maximum atomic E-state index is 10.9. The molecule has 0 saturated heterocycles. The van der Waals surface area contributed by atoms with Crippen molar-refractivity contribution < 1.29 is 9.59 Å². The van der Waals surface area contributed by atoms with Gasteiger partial charge in [0.1, 0.15) is 0 Å². The number of nitrogens with one attached hydrogen (secondary N) is 1. The average Bonchev–Trinajstić information content (AvgIpc) is 2.47. The Morgan fingerprint density at radius 1 is 1.62 bits per heavy atom. The summed E-state index contributed by atoms with van der Waals surface area (Å²) >= 11 is 1.47. The van der Waals surface area contributed by atoms with Gasteiger partial charge < -0.3 is 5.32 Å². The summed E-state index contributed by atoms with van der Waals surface area (Å²) in [6.07, 6.45) is 0. The summed E-state index contributed by atoms with van der Waals surface area (Å²) in [4.78, 5) is 26.4. The molecular weight excluding hydrogens is 188 g/mol. The van der Waals surface area contributed by atoms with Crippen molar-refractivity contribution in [2.75, 3.05) is 0 Å². The maximum Gasteiger partial charge on any atom is 0.287 e. The largest absolute Gasteiger partial charge is 0.345 e. The van der Waals surface area contributed by atoms with E-state index < -0.39 is 11.7 Å². The molecule has 0 radical (unpaired) electrons. The van der Waals surface area contributed by atoms with Gasteiger partial charge in [0, 0.05) is 11.8 Å². The van der Waals surface area contributed by atoms with Crippen LogP contribution in [0.25, 0.3) is 0 Å². The van der Waals surface area contributed by atoms with Crippen LogP contribution >= 0.6 is 11.3 Å². The van der Waals surface area contributed by atoms with E-state index in [1.54, 1.807) is 5.51 Å². The molecule has 5 heteroatoms. The molecule has 0 aromatic carbocycles. The van der Waals surface area contributed by atoms with Crippen molar-refractivity contribution in [3.05, 3.63) is 16.1 Å². The molecule has 1 heterocycles. The predicted octanol–water partition coefficient (Wildman–Crippen LogP) is 0.657. The second kappa shape index (κ2) is 4.13. The van der Waals surface area contributed by atoms with Gasteiger partial charge in [0.25, 0.3) is 5.91 Å². The van der Waals surface area contributed by atoms with E-state index >= 15 is 0 Å². The Hall–Kier alpha value is -1.23. The molecule has 0 aliphatic rings. The van der Waals surface area contributed by atoms with E-state index in [1.807, 2.05) is 6.92 Å². The normalized spacial score (nSPS) is 9.69. The zero-order chi connectivity index (χ0) is 9.84. The van der Waals surface area contributed by atoms with Crippen LogP contribution in [0.15, 0.2) is 5.51 Å². The highest BCUT2D eigenvalue weighted by molar-refractivity contribution is 7.09. The van der Waals surface area contributed by atoms with Gasteiger partial charge in [-0.1, -0.05) is 0 Å². The lowest BCUT2D eigenvalue weighted by atomic mass is 10.3. The Kier molecular flexibility index (Phi) is 3.13. The highest BCUT2D eigenvalue weighted by atomic mass is 32.1. The Bertz CT molecular complexity index is 333. The molecule has 1 rings (SSSR count). The Labute approximate surface area is 80.0 Å². The number of Topliss-reactive ketones (excluding diaryl/α,β-unsaturated/α-hetero) is 1. The fourth-order valence-electron chi connectivity index (χ4n) is 0.781. The average molecular weight is 198 g/mol. The molecule has 0 fully saturated rings. The van der Waals surface area contributed by atoms with Gasteiger partial charge in [0.05, 0.1) is 17.7 Å². The Morgan fingerprint density at radius 3 is 2.77 bits per heavy atom. The van der Waals surface area contributed by atoms with Crippen LogP contribution in [-0.4, -0.2) is 16.7 Å². The number of rotatable bonds is 3. The van der Waals surface area contributed by atoms with Crippen LogP contribution in [-0.2, 0) is 16.1 Å². The molecule has 1 N–H and O–H groups in total. The highest BCUT2D eigenvalue weighted by Gasteiger charge is 2.08. The molecule has 0 bridgehead atoms. The van der Waals surface area contributed by atoms with E-state index in [-0.39, 0.29) is 0 Å². The Morgan fingerprint density at radius 2 is 2.31 bits per heavy atom.